The highest BCUT2D eigenvalue weighted by molar-refractivity contribution is 6.89. The first-order chi connectivity index (χ1) is 35.5. The molecule has 0 saturated carbocycles. The molecule has 3 aliphatic carbocycles. The third-order valence-electron chi connectivity index (χ3n) is 17.3. The minimum absolute atomic E-state index is 0.0945. The Kier molecular flexibility index (Phi) is 10.5. The average molecular weight is 991 g/mol. The summed E-state index contributed by atoms with van der Waals surface area (Å²) in [5, 5.41) is 8.22. The van der Waals surface area contributed by atoms with E-state index in [4.69, 9.17) is 0 Å². The molecule has 0 N–H and O–H groups in total. The fraction of sp³-hybridized carbons (Fsp3) is 0.200. The maximum Gasteiger partial charge on any atom is 0.0775 e. The van der Waals surface area contributed by atoms with Crippen molar-refractivity contribution in [2.45, 2.75) is 90.6 Å². The predicted octanol–water partition coefficient (Wildman–Crippen LogP) is 18.4. The van der Waals surface area contributed by atoms with Gasteiger partial charge in [-0.1, -0.05) is 199 Å². The Morgan fingerprint density at radius 1 is 0.324 bits per heavy atom. The number of rotatable bonds is 8. The lowest BCUT2D eigenvalue weighted by atomic mass is 9.79. The number of nitrogens with zero attached hydrogens (tertiary/aromatic N) is 2. The van der Waals surface area contributed by atoms with Crippen LogP contribution in [-0.2, 0) is 23.7 Å². The molecular weight excluding hydrogens is 925 g/mol. The van der Waals surface area contributed by atoms with Gasteiger partial charge in [-0.3, -0.25) is 0 Å². The normalized spacial score (nSPS) is 14.7. The molecule has 4 heteroatoms. The van der Waals surface area contributed by atoms with Gasteiger partial charge in [-0.25, -0.2) is 0 Å². The largest absolute Gasteiger partial charge is 0.310 e. The monoisotopic (exact) mass is 990 g/mol. The zero-order valence-corrected chi connectivity index (χ0v) is 46.8. The van der Waals surface area contributed by atoms with Crippen LogP contribution in [0.4, 0.5) is 34.1 Å². The van der Waals surface area contributed by atoms with Crippen molar-refractivity contribution in [1.29, 1.82) is 0 Å². The van der Waals surface area contributed by atoms with Crippen LogP contribution in [0.3, 0.4) is 0 Å². The fourth-order valence-electron chi connectivity index (χ4n) is 13.2. The van der Waals surface area contributed by atoms with Crippen LogP contribution < -0.4 is 20.2 Å². The molecule has 3 aliphatic rings. The van der Waals surface area contributed by atoms with E-state index in [1.54, 1.807) is 0 Å². The number of aryl methyl sites for hydroxylation is 2. The molecule has 74 heavy (non-hydrogen) atoms. The van der Waals surface area contributed by atoms with Crippen molar-refractivity contribution in [3.63, 3.8) is 0 Å². The lowest BCUT2D eigenvalue weighted by Gasteiger charge is -2.31. The van der Waals surface area contributed by atoms with Crippen LogP contribution in [-0.4, -0.2) is 16.1 Å². The minimum atomic E-state index is -1.51. The van der Waals surface area contributed by atoms with E-state index in [1.807, 2.05) is 0 Å². The molecule has 13 rings (SSSR count). The lowest BCUT2D eigenvalue weighted by Crippen LogP contribution is -2.37. The summed E-state index contributed by atoms with van der Waals surface area (Å²) in [6.45, 7) is 24.1. The first kappa shape index (κ1) is 46.5. The van der Waals surface area contributed by atoms with Crippen LogP contribution in [0.1, 0.15) is 61.1 Å². The summed E-state index contributed by atoms with van der Waals surface area (Å²) in [4.78, 5) is 5.01. The number of hydrogen-bond acceptors (Lipinski definition) is 2. The Labute approximate surface area is 441 Å². The Morgan fingerprint density at radius 2 is 0.730 bits per heavy atom. The van der Waals surface area contributed by atoms with Gasteiger partial charge in [-0.15, -0.1) is 0 Å². The van der Waals surface area contributed by atoms with Gasteiger partial charge in [0.25, 0.3) is 0 Å². The summed E-state index contributed by atoms with van der Waals surface area (Å²) in [6, 6.07) is 75.1. The molecular formula is C70H66N2Si2. The van der Waals surface area contributed by atoms with Gasteiger partial charge >= 0.3 is 0 Å². The number of hydrogen-bond donors (Lipinski definition) is 0. The Morgan fingerprint density at radius 3 is 1.24 bits per heavy atom. The first-order valence-corrected chi connectivity index (χ1v) is 33.9. The Balaban J connectivity index is 0.941. The van der Waals surface area contributed by atoms with Gasteiger partial charge in [0.1, 0.15) is 0 Å². The standard InChI is InChI=1S/C70H66N2Si2/c1-69(2)64-21-15-13-18-57(64)59-39-30-50(43-66(59)69)71(46-24-32-52(33-25-46)73(5,6)7)48-28-37-54-45(41-48)23-36-62-56-38-29-49(42-63(56)55-17-11-12-20-61(55)68(54)62)72(47-26-34-53(35-27-47)74(8,9)10)51-31-40-60-58-19-14-16-22-65(58)70(3,4)67(60)44-51/h11-22,24-35,37-44H,23,36H2,1-10H3. The maximum absolute atomic E-state index is 2.51. The molecule has 10 aromatic rings. The molecule has 10 aromatic carbocycles. The van der Waals surface area contributed by atoms with Crippen molar-refractivity contribution < 1.29 is 0 Å². The van der Waals surface area contributed by atoms with Crippen LogP contribution in [0.15, 0.2) is 194 Å². The van der Waals surface area contributed by atoms with E-state index in [-0.39, 0.29) is 10.8 Å². The van der Waals surface area contributed by atoms with Crippen molar-refractivity contribution in [1.82, 2.24) is 0 Å². The second kappa shape index (κ2) is 16.6. The quantitative estimate of drug-likeness (QED) is 0.111. The maximum atomic E-state index is 2.51. The summed E-state index contributed by atoms with van der Waals surface area (Å²) in [5.74, 6) is 0. The van der Waals surface area contributed by atoms with Crippen molar-refractivity contribution in [3.05, 3.63) is 228 Å². The first-order valence-electron chi connectivity index (χ1n) is 26.9. The van der Waals surface area contributed by atoms with Gasteiger partial charge in [-0.2, -0.15) is 0 Å². The number of fused-ring (bicyclic) bond motifs is 14. The van der Waals surface area contributed by atoms with E-state index in [9.17, 15) is 0 Å². The highest BCUT2D eigenvalue weighted by Gasteiger charge is 2.38. The second-order valence-electron chi connectivity index (χ2n) is 24.5. The van der Waals surface area contributed by atoms with Crippen molar-refractivity contribution in [3.8, 4) is 33.4 Å². The molecule has 0 unspecified atom stereocenters. The average Bonchev–Trinajstić information content (AvgIpc) is 3.79. The smallest absolute Gasteiger partial charge is 0.0775 e. The molecule has 0 atom stereocenters. The van der Waals surface area contributed by atoms with Crippen molar-refractivity contribution in [2.75, 3.05) is 9.80 Å². The highest BCUT2D eigenvalue weighted by atomic mass is 28.3. The molecule has 0 saturated heterocycles. The van der Waals surface area contributed by atoms with E-state index in [0.717, 1.165) is 12.8 Å². The minimum Gasteiger partial charge on any atom is -0.310 e. The third-order valence-corrected chi connectivity index (χ3v) is 21.4. The molecule has 2 nitrogen and oxygen atoms in total. The van der Waals surface area contributed by atoms with E-state index in [1.165, 1.54) is 133 Å². The molecule has 0 bridgehead atoms. The van der Waals surface area contributed by atoms with Gasteiger partial charge < -0.3 is 9.80 Å². The molecule has 364 valence electrons. The van der Waals surface area contributed by atoms with Crippen LogP contribution in [0.5, 0.6) is 0 Å². The summed E-state index contributed by atoms with van der Waals surface area (Å²) in [5.41, 5.74) is 23.5. The zero-order valence-electron chi connectivity index (χ0n) is 44.8. The Hall–Kier alpha value is -7.25. The predicted molar refractivity (Wildman–Crippen MR) is 325 cm³/mol. The topological polar surface area (TPSA) is 6.48 Å². The fourth-order valence-corrected chi connectivity index (χ4v) is 15.5. The van der Waals surface area contributed by atoms with Crippen LogP contribution in [0.2, 0.25) is 39.3 Å². The SMILES string of the molecule is CC1(C)c2ccccc2-c2ccc(N(c3ccc([Si](C)(C)C)cc3)c3ccc4c(c3)CCc3c-4c4ccccc4c4cc(N(c5ccc([Si](C)(C)C)cc5)c5ccc6c(c5)C(C)(C)c5ccccc5-6)ccc34)cc21. The van der Waals surface area contributed by atoms with E-state index < -0.39 is 16.1 Å². The van der Waals surface area contributed by atoms with Gasteiger partial charge in [0.2, 0.25) is 0 Å². The van der Waals surface area contributed by atoms with Gasteiger partial charge in [-0.05, 0) is 174 Å². The Bertz CT molecular complexity index is 3920. The molecule has 0 amide bonds. The van der Waals surface area contributed by atoms with Crippen LogP contribution >= 0.6 is 0 Å². The van der Waals surface area contributed by atoms with Gasteiger partial charge in [0, 0.05) is 45.0 Å². The van der Waals surface area contributed by atoms with Gasteiger partial charge in [0.15, 0.2) is 0 Å². The summed E-state index contributed by atoms with van der Waals surface area (Å²) >= 11 is 0. The highest BCUT2D eigenvalue weighted by Crippen LogP contribution is 2.54. The summed E-state index contributed by atoms with van der Waals surface area (Å²) in [7, 11) is -3.01. The summed E-state index contributed by atoms with van der Waals surface area (Å²) < 4.78 is 0. The summed E-state index contributed by atoms with van der Waals surface area (Å²) in [6.07, 6.45) is 1.95. The van der Waals surface area contributed by atoms with Crippen LogP contribution in [0.25, 0.3) is 54.9 Å². The van der Waals surface area contributed by atoms with E-state index in [0.29, 0.717) is 0 Å². The molecule has 0 spiro atoms. The molecule has 0 fully saturated rings. The van der Waals surface area contributed by atoms with Crippen LogP contribution in [0, 0.1) is 0 Å². The number of benzene rings is 10. The van der Waals surface area contributed by atoms with E-state index in [2.05, 4.69) is 271 Å². The molecule has 0 heterocycles. The second-order valence-corrected chi connectivity index (χ2v) is 34.7. The molecule has 0 aromatic heterocycles. The van der Waals surface area contributed by atoms with E-state index >= 15 is 0 Å². The van der Waals surface area contributed by atoms with Crippen molar-refractivity contribution >= 4 is 82.2 Å². The van der Waals surface area contributed by atoms with Gasteiger partial charge in [0.05, 0.1) is 16.1 Å². The zero-order chi connectivity index (χ0) is 51.1. The third kappa shape index (κ3) is 7.23. The number of anilines is 6. The lowest BCUT2D eigenvalue weighted by molar-refractivity contribution is 0.660. The molecule has 0 radical (unpaired) electrons. The van der Waals surface area contributed by atoms with Crippen molar-refractivity contribution in [2.24, 2.45) is 0 Å². The molecule has 0 aliphatic heterocycles.